The van der Waals surface area contributed by atoms with Crippen LogP contribution < -0.4 is 16.0 Å². The second-order valence-corrected chi connectivity index (χ2v) is 7.50. The second kappa shape index (κ2) is 10.6. The van der Waals surface area contributed by atoms with Crippen LogP contribution in [-0.2, 0) is 9.59 Å². The summed E-state index contributed by atoms with van der Waals surface area (Å²) in [5, 5.41) is 9.32. The van der Waals surface area contributed by atoms with E-state index in [1.165, 1.54) is 0 Å². The number of hydrogen-bond donors (Lipinski definition) is 3. The number of rotatable bonds is 6. The molecular weight excluding hydrogens is 364 g/mol. The lowest BCUT2D eigenvalue weighted by Gasteiger charge is -2.32. The summed E-state index contributed by atoms with van der Waals surface area (Å²) in [5.41, 5.74) is 1.95. The van der Waals surface area contributed by atoms with Gasteiger partial charge in [-0.15, -0.1) is 12.4 Å². The third-order valence-corrected chi connectivity index (χ3v) is 5.33. The molecule has 0 aliphatic carbocycles. The van der Waals surface area contributed by atoms with Crippen molar-refractivity contribution in [2.75, 3.05) is 38.0 Å². The largest absolute Gasteiger partial charge is 0.354 e. The maximum Gasteiger partial charge on any atom is 0.238 e. The molecule has 0 radical (unpaired) electrons. The third-order valence-electron chi connectivity index (χ3n) is 5.33. The van der Waals surface area contributed by atoms with Gasteiger partial charge in [0.05, 0.1) is 12.6 Å². The average molecular weight is 395 g/mol. The summed E-state index contributed by atoms with van der Waals surface area (Å²) >= 11 is 0. The van der Waals surface area contributed by atoms with Crippen LogP contribution in [0.1, 0.15) is 31.2 Å². The molecule has 1 aromatic rings. The number of amides is 2. The van der Waals surface area contributed by atoms with Crippen molar-refractivity contribution in [1.82, 2.24) is 15.5 Å². The minimum Gasteiger partial charge on any atom is -0.354 e. The number of aryl methyl sites for hydroxylation is 1. The Bertz CT molecular complexity index is 634. The van der Waals surface area contributed by atoms with Crippen LogP contribution in [0.5, 0.6) is 0 Å². The first-order valence-electron chi connectivity index (χ1n) is 9.71. The molecule has 2 heterocycles. The Labute approximate surface area is 167 Å². The van der Waals surface area contributed by atoms with Crippen LogP contribution in [-0.4, -0.2) is 55.5 Å². The van der Waals surface area contributed by atoms with Crippen molar-refractivity contribution in [2.45, 2.75) is 38.6 Å². The zero-order valence-corrected chi connectivity index (χ0v) is 16.8. The molecule has 0 spiro atoms. The number of carbonyl (C=O) groups is 2. The molecule has 2 atom stereocenters. The Hall–Kier alpha value is -1.63. The number of likely N-dealkylation sites (tertiary alicyclic amines) is 1. The number of nitrogens with zero attached hydrogens (tertiary/aromatic N) is 1. The third kappa shape index (κ3) is 6.48. The molecule has 0 saturated carbocycles. The first kappa shape index (κ1) is 21.7. The Balaban J connectivity index is 0.00000261. The highest BCUT2D eigenvalue weighted by atomic mass is 35.5. The molecule has 2 aliphatic rings. The van der Waals surface area contributed by atoms with Gasteiger partial charge in [0.1, 0.15) is 0 Å². The van der Waals surface area contributed by atoms with Gasteiger partial charge in [-0.05, 0) is 63.2 Å². The van der Waals surface area contributed by atoms with Crippen LogP contribution >= 0.6 is 12.4 Å². The van der Waals surface area contributed by atoms with E-state index in [0.29, 0.717) is 19.0 Å². The highest BCUT2D eigenvalue weighted by Gasteiger charge is 2.25. The van der Waals surface area contributed by atoms with E-state index in [-0.39, 0.29) is 30.3 Å². The molecule has 2 saturated heterocycles. The van der Waals surface area contributed by atoms with Crippen molar-refractivity contribution in [3.8, 4) is 0 Å². The second-order valence-electron chi connectivity index (χ2n) is 7.50. The van der Waals surface area contributed by atoms with Gasteiger partial charge in [-0.1, -0.05) is 18.2 Å². The van der Waals surface area contributed by atoms with Gasteiger partial charge < -0.3 is 16.0 Å². The zero-order chi connectivity index (χ0) is 18.4. The Morgan fingerprint density at radius 3 is 2.78 bits per heavy atom. The summed E-state index contributed by atoms with van der Waals surface area (Å²) in [5.74, 6) is 0.566. The number of benzene rings is 1. The number of anilines is 1. The summed E-state index contributed by atoms with van der Waals surface area (Å²) in [6.07, 6.45) is 4.18. The van der Waals surface area contributed by atoms with Gasteiger partial charge in [0, 0.05) is 18.8 Å². The van der Waals surface area contributed by atoms with E-state index in [1.54, 1.807) is 0 Å². The smallest absolute Gasteiger partial charge is 0.238 e. The van der Waals surface area contributed by atoms with E-state index >= 15 is 0 Å². The molecule has 1 aromatic carbocycles. The van der Waals surface area contributed by atoms with Gasteiger partial charge in [-0.2, -0.15) is 0 Å². The van der Waals surface area contributed by atoms with Gasteiger partial charge in [0.15, 0.2) is 0 Å². The molecule has 0 aromatic heterocycles. The number of halogens is 1. The lowest BCUT2D eigenvalue weighted by molar-refractivity contribution is -0.123. The minimum absolute atomic E-state index is 0. The summed E-state index contributed by atoms with van der Waals surface area (Å²) < 4.78 is 0. The van der Waals surface area contributed by atoms with Crippen LogP contribution in [0.15, 0.2) is 24.3 Å². The molecule has 2 amide bonds. The molecule has 6 nitrogen and oxygen atoms in total. The number of para-hydroxylation sites is 1. The van der Waals surface area contributed by atoms with E-state index in [9.17, 15) is 9.59 Å². The topological polar surface area (TPSA) is 73.5 Å². The van der Waals surface area contributed by atoms with Crippen LogP contribution in [0, 0.1) is 12.8 Å². The number of hydrogen-bond acceptors (Lipinski definition) is 4. The molecule has 3 N–H and O–H groups in total. The summed E-state index contributed by atoms with van der Waals surface area (Å²) in [6, 6.07) is 7.80. The number of carbonyl (C=O) groups excluding carboxylic acids is 2. The van der Waals surface area contributed by atoms with E-state index in [1.807, 2.05) is 31.2 Å². The van der Waals surface area contributed by atoms with Crippen molar-refractivity contribution < 1.29 is 9.59 Å². The standard InChI is InChI=1S/C20H30N4O2.ClH/c1-15-6-2-3-8-17(15)23-19(25)14-24-11-5-7-16(13-24)12-22-20(26)18-9-4-10-21-18;/h2-3,6,8,16,18,21H,4-5,7,9-14H2,1H3,(H,22,26)(H,23,25);1H. The van der Waals surface area contributed by atoms with Crippen molar-refractivity contribution in [3.05, 3.63) is 29.8 Å². The van der Waals surface area contributed by atoms with Crippen molar-refractivity contribution >= 4 is 29.9 Å². The van der Waals surface area contributed by atoms with Gasteiger partial charge in [-0.3, -0.25) is 14.5 Å². The first-order chi connectivity index (χ1) is 12.6. The molecule has 2 fully saturated rings. The fourth-order valence-electron chi connectivity index (χ4n) is 3.84. The normalized spacial score (nSPS) is 22.7. The fourth-order valence-corrected chi connectivity index (χ4v) is 3.84. The van der Waals surface area contributed by atoms with Gasteiger partial charge >= 0.3 is 0 Å². The molecule has 2 unspecified atom stereocenters. The molecule has 0 bridgehead atoms. The molecule has 7 heteroatoms. The molecule has 27 heavy (non-hydrogen) atoms. The highest BCUT2D eigenvalue weighted by molar-refractivity contribution is 5.92. The van der Waals surface area contributed by atoms with Crippen LogP contribution in [0.2, 0.25) is 0 Å². The summed E-state index contributed by atoms with van der Waals surface area (Å²) in [6.45, 7) is 5.84. The molecule has 3 rings (SSSR count). The van der Waals surface area contributed by atoms with E-state index in [0.717, 1.165) is 56.6 Å². The summed E-state index contributed by atoms with van der Waals surface area (Å²) in [4.78, 5) is 26.7. The predicted molar refractivity (Wildman–Crippen MR) is 110 cm³/mol. The Kier molecular flexibility index (Phi) is 8.54. The lowest BCUT2D eigenvalue weighted by atomic mass is 9.98. The number of piperidine rings is 1. The number of nitrogens with one attached hydrogen (secondary N) is 3. The monoisotopic (exact) mass is 394 g/mol. The SMILES string of the molecule is Cc1ccccc1NC(=O)CN1CCCC(CNC(=O)C2CCCN2)C1.Cl. The maximum absolute atomic E-state index is 12.3. The van der Waals surface area contributed by atoms with Crippen molar-refractivity contribution in [3.63, 3.8) is 0 Å². The quantitative estimate of drug-likeness (QED) is 0.689. The molecule has 2 aliphatic heterocycles. The van der Waals surface area contributed by atoms with Crippen LogP contribution in [0.3, 0.4) is 0 Å². The Morgan fingerprint density at radius 2 is 2.04 bits per heavy atom. The van der Waals surface area contributed by atoms with E-state index in [4.69, 9.17) is 0 Å². The van der Waals surface area contributed by atoms with E-state index in [2.05, 4.69) is 20.9 Å². The highest BCUT2D eigenvalue weighted by Crippen LogP contribution is 2.17. The zero-order valence-electron chi connectivity index (χ0n) is 16.0. The Morgan fingerprint density at radius 1 is 1.22 bits per heavy atom. The molecule has 150 valence electrons. The average Bonchev–Trinajstić information content (AvgIpc) is 3.17. The predicted octanol–water partition coefficient (Wildman–Crippen LogP) is 1.94. The van der Waals surface area contributed by atoms with Gasteiger partial charge in [0.25, 0.3) is 0 Å². The van der Waals surface area contributed by atoms with E-state index < -0.39 is 0 Å². The fraction of sp³-hybridized carbons (Fsp3) is 0.600. The summed E-state index contributed by atoms with van der Waals surface area (Å²) in [7, 11) is 0. The minimum atomic E-state index is -0.0189. The molecular formula is C20H31ClN4O2. The van der Waals surface area contributed by atoms with Crippen molar-refractivity contribution in [2.24, 2.45) is 5.92 Å². The van der Waals surface area contributed by atoms with Crippen molar-refractivity contribution in [1.29, 1.82) is 0 Å². The first-order valence-corrected chi connectivity index (χ1v) is 9.71. The van der Waals surface area contributed by atoms with Crippen LogP contribution in [0.4, 0.5) is 5.69 Å². The van der Waals surface area contributed by atoms with Crippen LogP contribution in [0.25, 0.3) is 0 Å². The maximum atomic E-state index is 12.3. The lowest BCUT2D eigenvalue weighted by Crippen LogP contribution is -2.46. The van der Waals surface area contributed by atoms with Gasteiger partial charge in [-0.25, -0.2) is 0 Å². The van der Waals surface area contributed by atoms with Gasteiger partial charge in [0.2, 0.25) is 11.8 Å².